The molecule has 2 aromatic carbocycles. The van der Waals surface area contributed by atoms with Gasteiger partial charge in [-0.25, -0.2) is 8.42 Å². The Morgan fingerprint density at radius 2 is 1.58 bits per heavy atom. The lowest BCUT2D eigenvalue weighted by Crippen LogP contribution is -2.33. The van der Waals surface area contributed by atoms with Crippen LogP contribution < -0.4 is 14.8 Å². The van der Waals surface area contributed by atoms with Crippen molar-refractivity contribution in [2.24, 2.45) is 0 Å². The highest BCUT2D eigenvalue weighted by atomic mass is 32.2. The molecular weight excluding hydrogens is 352 g/mol. The molecule has 7 heteroatoms. The Bertz CT molecular complexity index is 787. The molecule has 0 heterocycles. The van der Waals surface area contributed by atoms with Gasteiger partial charge in [0.25, 0.3) is 0 Å². The summed E-state index contributed by atoms with van der Waals surface area (Å²) in [6.07, 6.45) is 0. The first kappa shape index (κ1) is 20.1. The van der Waals surface area contributed by atoms with Gasteiger partial charge >= 0.3 is 0 Å². The SMILES string of the molecule is COc1ccc(OCCNc2ccc(S(=O)(=O)N(C)C(C)C)cc2)cc1. The number of hydrogen-bond acceptors (Lipinski definition) is 5. The molecule has 2 rings (SSSR count). The van der Waals surface area contributed by atoms with Gasteiger partial charge in [-0.15, -0.1) is 0 Å². The molecule has 0 aliphatic heterocycles. The molecule has 0 amide bonds. The normalized spacial score (nSPS) is 11.6. The Morgan fingerprint density at radius 3 is 2.12 bits per heavy atom. The van der Waals surface area contributed by atoms with E-state index in [9.17, 15) is 8.42 Å². The maximum atomic E-state index is 12.4. The number of anilines is 1. The van der Waals surface area contributed by atoms with E-state index in [-0.39, 0.29) is 10.9 Å². The fourth-order valence-corrected chi connectivity index (χ4v) is 3.59. The Balaban J connectivity index is 1.85. The summed E-state index contributed by atoms with van der Waals surface area (Å²) in [5.74, 6) is 1.55. The summed E-state index contributed by atoms with van der Waals surface area (Å²) in [6.45, 7) is 4.78. The second kappa shape index (κ2) is 8.91. The molecule has 26 heavy (non-hydrogen) atoms. The van der Waals surface area contributed by atoms with Crippen molar-refractivity contribution in [2.45, 2.75) is 24.8 Å². The molecule has 0 spiro atoms. The van der Waals surface area contributed by atoms with Crippen LogP contribution in [0.3, 0.4) is 0 Å². The Labute approximate surface area is 155 Å². The highest BCUT2D eigenvalue weighted by Crippen LogP contribution is 2.19. The topological polar surface area (TPSA) is 67.9 Å². The number of nitrogens with one attached hydrogen (secondary N) is 1. The lowest BCUT2D eigenvalue weighted by molar-refractivity contribution is 0.332. The van der Waals surface area contributed by atoms with Crippen molar-refractivity contribution in [3.05, 3.63) is 48.5 Å². The molecule has 0 atom stereocenters. The number of hydrogen-bond donors (Lipinski definition) is 1. The summed E-state index contributed by atoms with van der Waals surface area (Å²) in [6, 6.07) is 14.0. The van der Waals surface area contributed by atoms with Gasteiger partial charge in [0.2, 0.25) is 10.0 Å². The average molecular weight is 378 g/mol. The van der Waals surface area contributed by atoms with Crippen LogP contribution >= 0.6 is 0 Å². The summed E-state index contributed by atoms with van der Waals surface area (Å²) in [7, 11) is -0.243. The van der Waals surface area contributed by atoms with Gasteiger partial charge in [0.1, 0.15) is 18.1 Å². The van der Waals surface area contributed by atoms with Crippen LogP contribution in [0.25, 0.3) is 0 Å². The van der Waals surface area contributed by atoms with Gasteiger partial charge in [-0.2, -0.15) is 4.31 Å². The number of methoxy groups -OCH3 is 1. The van der Waals surface area contributed by atoms with E-state index in [1.807, 2.05) is 38.1 Å². The maximum absolute atomic E-state index is 12.4. The van der Waals surface area contributed by atoms with Gasteiger partial charge in [0.05, 0.1) is 12.0 Å². The van der Waals surface area contributed by atoms with E-state index in [0.29, 0.717) is 13.2 Å². The van der Waals surface area contributed by atoms with E-state index in [4.69, 9.17) is 9.47 Å². The summed E-state index contributed by atoms with van der Waals surface area (Å²) in [5.41, 5.74) is 0.842. The summed E-state index contributed by atoms with van der Waals surface area (Å²) in [4.78, 5) is 0.286. The van der Waals surface area contributed by atoms with Crippen LogP contribution in [0, 0.1) is 0 Å². The summed E-state index contributed by atoms with van der Waals surface area (Å²) < 4.78 is 37.0. The van der Waals surface area contributed by atoms with Crippen molar-refractivity contribution >= 4 is 15.7 Å². The number of ether oxygens (including phenoxy) is 2. The first-order valence-electron chi connectivity index (χ1n) is 8.43. The standard InChI is InChI=1S/C19H26N2O4S/c1-15(2)21(3)26(22,23)19-11-5-16(6-12-19)20-13-14-25-18-9-7-17(24-4)8-10-18/h5-12,15,20H,13-14H2,1-4H3. The molecule has 0 aliphatic rings. The van der Waals surface area contributed by atoms with E-state index in [1.54, 1.807) is 38.4 Å². The first-order chi connectivity index (χ1) is 12.3. The van der Waals surface area contributed by atoms with Gasteiger partial charge in [0.15, 0.2) is 0 Å². The Morgan fingerprint density at radius 1 is 1.00 bits per heavy atom. The predicted octanol–water partition coefficient (Wildman–Crippen LogP) is 3.22. The summed E-state index contributed by atoms with van der Waals surface area (Å²) >= 11 is 0. The van der Waals surface area contributed by atoms with Crippen LogP contribution in [0.15, 0.2) is 53.4 Å². The molecule has 0 unspecified atom stereocenters. The molecule has 0 radical (unpaired) electrons. The second-order valence-corrected chi connectivity index (χ2v) is 8.09. The molecule has 2 aromatic rings. The van der Waals surface area contributed by atoms with Gasteiger partial charge in [-0.3, -0.25) is 0 Å². The number of nitrogens with zero attached hydrogens (tertiary/aromatic N) is 1. The van der Waals surface area contributed by atoms with Crippen LogP contribution in [0.1, 0.15) is 13.8 Å². The third-order valence-corrected chi connectivity index (χ3v) is 6.07. The molecule has 0 saturated heterocycles. The van der Waals surface area contributed by atoms with Crippen LogP contribution in [-0.4, -0.2) is 46.1 Å². The van der Waals surface area contributed by atoms with Gasteiger partial charge in [0, 0.05) is 25.3 Å². The van der Waals surface area contributed by atoms with Crippen LogP contribution in [-0.2, 0) is 10.0 Å². The van der Waals surface area contributed by atoms with E-state index in [0.717, 1.165) is 17.2 Å². The van der Waals surface area contributed by atoms with Crippen LogP contribution in [0.5, 0.6) is 11.5 Å². The van der Waals surface area contributed by atoms with Crippen molar-refractivity contribution in [1.82, 2.24) is 4.31 Å². The zero-order valence-electron chi connectivity index (χ0n) is 15.6. The largest absolute Gasteiger partial charge is 0.497 e. The lowest BCUT2D eigenvalue weighted by Gasteiger charge is -2.21. The summed E-state index contributed by atoms with van der Waals surface area (Å²) in [5, 5.41) is 3.21. The molecule has 0 aromatic heterocycles. The van der Waals surface area contributed by atoms with Crippen molar-refractivity contribution in [2.75, 3.05) is 32.6 Å². The second-order valence-electron chi connectivity index (χ2n) is 6.09. The smallest absolute Gasteiger partial charge is 0.243 e. The minimum atomic E-state index is -3.45. The van der Waals surface area contributed by atoms with Gasteiger partial charge in [-0.05, 0) is 62.4 Å². The molecule has 6 nitrogen and oxygen atoms in total. The lowest BCUT2D eigenvalue weighted by atomic mass is 10.3. The number of benzene rings is 2. The zero-order chi connectivity index (χ0) is 19.2. The maximum Gasteiger partial charge on any atom is 0.243 e. The number of rotatable bonds is 9. The van der Waals surface area contributed by atoms with Gasteiger partial charge in [-0.1, -0.05) is 0 Å². The van der Waals surface area contributed by atoms with E-state index < -0.39 is 10.0 Å². The molecule has 0 bridgehead atoms. The highest BCUT2D eigenvalue weighted by molar-refractivity contribution is 7.89. The van der Waals surface area contributed by atoms with E-state index in [1.165, 1.54) is 4.31 Å². The van der Waals surface area contributed by atoms with Crippen molar-refractivity contribution in [3.63, 3.8) is 0 Å². The van der Waals surface area contributed by atoms with E-state index >= 15 is 0 Å². The molecular formula is C19H26N2O4S. The fraction of sp³-hybridized carbons (Fsp3) is 0.368. The van der Waals surface area contributed by atoms with Crippen molar-refractivity contribution in [1.29, 1.82) is 0 Å². The van der Waals surface area contributed by atoms with Crippen molar-refractivity contribution < 1.29 is 17.9 Å². The third kappa shape index (κ3) is 5.12. The average Bonchev–Trinajstić information content (AvgIpc) is 2.65. The molecule has 0 fully saturated rings. The van der Waals surface area contributed by atoms with E-state index in [2.05, 4.69) is 5.32 Å². The van der Waals surface area contributed by atoms with Crippen LogP contribution in [0.2, 0.25) is 0 Å². The zero-order valence-corrected chi connectivity index (χ0v) is 16.4. The molecule has 0 saturated carbocycles. The van der Waals surface area contributed by atoms with Crippen LogP contribution in [0.4, 0.5) is 5.69 Å². The molecule has 1 N–H and O–H groups in total. The quantitative estimate of drug-likeness (QED) is 0.679. The highest BCUT2D eigenvalue weighted by Gasteiger charge is 2.22. The molecule has 0 aliphatic carbocycles. The monoisotopic (exact) mass is 378 g/mol. The van der Waals surface area contributed by atoms with Gasteiger partial charge < -0.3 is 14.8 Å². The first-order valence-corrected chi connectivity index (χ1v) is 9.87. The Kier molecular flexibility index (Phi) is 6.88. The third-order valence-electron chi connectivity index (χ3n) is 4.02. The minimum Gasteiger partial charge on any atom is -0.497 e. The Hall–Kier alpha value is -2.25. The predicted molar refractivity (Wildman–Crippen MR) is 104 cm³/mol. The number of sulfonamides is 1. The minimum absolute atomic E-state index is 0.0899. The molecule has 142 valence electrons. The fourth-order valence-electron chi connectivity index (χ4n) is 2.22. The van der Waals surface area contributed by atoms with Crippen molar-refractivity contribution in [3.8, 4) is 11.5 Å².